The fourth-order valence-electron chi connectivity index (χ4n) is 0.894. The van der Waals surface area contributed by atoms with Crippen molar-refractivity contribution in [1.82, 2.24) is 10.6 Å². The third-order valence-electron chi connectivity index (χ3n) is 1.57. The van der Waals surface area contributed by atoms with Crippen LogP contribution in [-0.4, -0.2) is 42.9 Å². The van der Waals surface area contributed by atoms with Gasteiger partial charge in [-0.1, -0.05) is 0 Å². The number of carbonyl (C=O) groups is 2. The van der Waals surface area contributed by atoms with Crippen LogP contribution in [0.25, 0.3) is 0 Å². The van der Waals surface area contributed by atoms with Crippen LogP contribution >= 0.6 is 0 Å². The highest BCUT2D eigenvalue weighted by molar-refractivity contribution is 5.75. The third kappa shape index (κ3) is 9.01. The lowest BCUT2D eigenvalue weighted by Gasteiger charge is -2.13. The highest BCUT2D eigenvalue weighted by Crippen LogP contribution is 1.84. The number of carboxylic acid groups (broad SMARTS) is 1. The Morgan fingerprint density at radius 3 is 2.67 bits per heavy atom. The zero-order valence-corrected chi connectivity index (χ0v) is 9.08. The molecule has 15 heavy (non-hydrogen) atoms. The molecule has 88 valence electrons. The molecule has 0 spiro atoms. The molecule has 2 amide bonds. The quantitative estimate of drug-likeness (QED) is 0.569. The van der Waals surface area contributed by atoms with Crippen molar-refractivity contribution in [2.45, 2.75) is 26.3 Å². The maximum absolute atomic E-state index is 11.1. The van der Waals surface area contributed by atoms with Crippen molar-refractivity contribution in [1.29, 1.82) is 0 Å². The molecule has 0 saturated heterocycles. The van der Waals surface area contributed by atoms with Gasteiger partial charge in [0.05, 0.1) is 19.1 Å². The molecule has 6 heteroatoms. The summed E-state index contributed by atoms with van der Waals surface area (Å²) in [5.41, 5.74) is 0. The molecule has 1 atom stereocenters. The lowest BCUT2D eigenvalue weighted by molar-refractivity contribution is -0.136. The molecule has 0 heterocycles. The monoisotopic (exact) mass is 218 g/mol. The average Bonchev–Trinajstić information content (AvgIpc) is 2.14. The van der Waals surface area contributed by atoms with Gasteiger partial charge in [0.15, 0.2) is 0 Å². The van der Waals surface area contributed by atoms with Crippen LogP contribution in [0.5, 0.6) is 0 Å². The first-order chi connectivity index (χ1) is 7.06. The minimum Gasteiger partial charge on any atom is -0.481 e. The second-order valence-corrected chi connectivity index (χ2v) is 3.10. The Morgan fingerprint density at radius 2 is 2.13 bits per heavy atom. The predicted octanol–water partition coefficient (Wildman–Crippen LogP) is 0.185. The number of urea groups is 1. The van der Waals surface area contributed by atoms with Gasteiger partial charge in [-0.3, -0.25) is 4.79 Å². The van der Waals surface area contributed by atoms with Crippen molar-refractivity contribution in [2.24, 2.45) is 0 Å². The summed E-state index contributed by atoms with van der Waals surface area (Å²) >= 11 is 0. The highest BCUT2D eigenvalue weighted by Gasteiger charge is 2.06. The summed E-state index contributed by atoms with van der Waals surface area (Å²) in [6.45, 7) is 4.87. The molecule has 0 aliphatic rings. The lowest BCUT2D eigenvalue weighted by Crippen LogP contribution is -2.43. The molecule has 0 radical (unpaired) electrons. The van der Waals surface area contributed by atoms with Gasteiger partial charge < -0.3 is 20.5 Å². The average molecular weight is 218 g/mol. The first kappa shape index (κ1) is 13.7. The Balaban J connectivity index is 3.50. The van der Waals surface area contributed by atoms with Crippen LogP contribution < -0.4 is 10.6 Å². The van der Waals surface area contributed by atoms with Crippen LogP contribution in [0.15, 0.2) is 0 Å². The molecule has 0 fully saturated rings. The summed E-state index contributed by atoms with van der Waals surface area (Å²) in [7, 11) is 0. The zero-order chi connectivity index (χ0) is 11.7. The van der Waals surface area contributed by atoms with E-state index >= 15 is 0 Å². The summed E-state index contributed by atoms with van der Waals surface area (Å²) in [4.78, 5) is 21.3. The minimum atomic E-state index is -0.933. The minimum absolute atomic E-state index is 0.0761. The van der Waals surface area contributed by atoms with Crippen molar-refractivity contribution >= 4 is 12.0 Å². The number of amides is 2. The molecule has 0 aliphatic heterocycles. The molecule has 3 N–H and O–H groups in total. The number of carboxylic acids is 1. The second-order valence-electron chi connectivity index (χ2n) is 3.10. The molecular weight excluding hydrogens is 200 g/mol. The van der Waals surface area contributed by atoms with Crippen molar-refractivity contribution < 1.29 is 19.4 Å². The van der Waals surface area contributed by atoms with Crippen LogP contribution in [0.4, 0.5) is 4.79 Å². The van der Waals surface area contributed by atoms with E-state index in [1.54, 1.807) is 0 Å². The van der Waals surface area contributed by atoms with Crippen molar-refractivity contribution in [3.63, 3.8) is 0 Å². The summed E-state index contributed by atoms with van der Waals surface area (Å²) in [6.07, 6.45) is -0.0761. The molecule has 1 unspecified atom stereocenters. The predicted molar refractivity (Wildman–Crippen MR) is 54.7 cm³/mol. The van der Waals surface area contributed by atoms with E-state index in [4.69, 9.17) is 9.84 Å². The Kier molecular flexibility index (Phi) is 7.35. The van der Waals surface area contributed by atoms with Crippen molar-refractivity contribution in [3.05, 3.63) is 0 Å². The number of ether oxygens (including phenoxy) is 1. The molecule has 0 rings (SSSR count). The Morgan fingerprint density at radius 1 is 1.47 bits per heavy atom. The van der Waals surface area contributed by atoms with Gasteiger partial charge in [-0.15, -0.1) is 0 Å². The van der Waals surface area contributed by atoms with E-state index in [1.165, 1.54) is 0 Å². The summed E-state index contributed by atoms with van der Waals surface area (Å²) in [5.74, 6) is -0.933. The van der Waals surface area contributed by atoms with Gasteiger partial charge in [0.2, 0.25) is 0 Å². The van der Waals surface area contributed by atoms with Crippen LogP contribution in [-0.2, 0) is 9.53 Å². The number of aliphatic carboxylic acids is 1. The highest BCUT2D eigenvalue weighted by atomic mass is 16.5. The maximum Gasteiger partial charge on any atom is 0.315 e. The van der Waals surface area contributed by atoms with Gasteiger partial charge in [-0.2, -0.15) is 0 Å². The van der Waals surface area contributed by atoms with Gasteiger partial charge in [-0.25, -0.2) is 4.79 Å². The Hall–Kier alpha value is -1.30. The number of nitrogens with one attached hydrogen (secondary N) is 2. The number of hydrogen-bond donors (Lipinski definition) is 3. The molecule has 0 aromatic rings. The third-order valence-corrected chi connectivity index (χ3v) is 1.57. The van der Waals surface area contributed by atoms with E-state index in [1.807, 2.05) is 13.8 Å². The molecule has 0 aromatic heterocycles. The van der Waals surface area contributed by atoms with Gasteiger partial charge in [-0.05, 0) is 13.8 Å². The zero-order valence-electron chi connectivity index (χ0n) is 9.08. The fourth-order valence-corrected chi connectivity index (χ4v) is 0.894. The Labute approximate surface area is 89.0 Å². The van der Waals surface area contributed by atoms with E-state index in [0.29, 0.717) is 13.2 Å². The molecule has 6 nitrogen and oxygen atoms in total. The smallest absolute Gasteiger partial charge is 0.315 e. The van der Waals surface area contributed by atoms with Crippen LogP contribution in [0.3, 0.4) is 0 Å². The van der Waals surface area contributed by atoms with Crippen LogP contribution in [0.2, 0.25) is 0 Å². The van der Waals surface area contributed by atoms with Gasteiger partial charge in [0, 0.05) is 13.2 Å². The number of rotatable bonds is 7. The summed E-state index contributed by atoms with van der Waals surface area (Å²) in [6, 6.07) is -0.460. The second kappa shape index (κ2) is 8.05. The Bertz CT molecular complexity index is 208. The van der Waals surface area contributed by atoms with Crippen LogP contribution in [0.1, 0.15) is 20.3 Å². The molecule has 0 aromatic carbocycles. The molecule has 0 saturated carbocycles. The molecular formula is C9H18N2O4. The van der Waals surface area contributed by atoms with E-state index in [-0.39, 0.29) is 25.0 Å². The number of carbonyl (C=O) groups excluding carboxylic acids is 1. The van der Waals surface area contributed by atoms with Crippen LogP contribution in [0, 0.1) is 0 Å². The molecule has 0 aliphatic carbocycles. The standard InChI is InChI=1S/C9H18N2O4/c1-3-15-6-7(2)11-9(14)10-5-4-8(12)13/h7H,3-6H2,1-2H3,(H,12,13)(H2,10,11,14). The van der Waals surface area contributed by atoms with Gasteiger partial charge >= 0.3 is 12.0 Å². The van der Waals surface area contributed by atoms with E-state index in [9.17, 15) is 9.59 Å². The van der Waals surface area contributed by atoms with E-state index < -0.39 is 5.97 Å². The summed E-state index contributed by atoms with van der Waals surface area (Å²) in [5, 5.41) is 13.4. The molecule has 0 bridgehead atoms. The van der Waals surface area contributed by atoms with Crippen molar-refractivity contribution in [3.8, 4) is 0 Å². The fraction of sp³-hybridized carbons (Fsp3) is 0.778. The lowest BCUT2D eigenvalue weighted by atomic mass is 10.4. The topological polar surface area (TPSA) is 87.7 Å². The van der Waals surface area contributed by atoms with E-state index in [2.05, 4.69) is 10.6 Å². The largest absolute Gasteiger partial charge is 0.481 e. The number of hydrogen-bond acceptors (Lipinski definition) is 3. The normalized spacial score (nSPS) is 11.9. The van der Waals surface area contributed by atoms with Gasteiger partial charge in [0.25, 0.3) is 0 Å². The van der Waals surface area contributed by atoms with Crippen molar-refractivity contribution in [2.75, 3.05) is 19.8 Å². The maximum atomic E-state index is 11.1. The summed E-state index contributed by atoms with van der Waals surface area (Å²) < 4.78 is 5.10. The first-order valence-electron chi connectivity index (χ1n) is 4.90. The van der Waals surface area contributed by atoms with Gasteiger partial charge in [0.1, 0.15) is 0 Å². The first-order valence-corrected chi connectivity index (χ1v) is 4.90. The SMILES string of the molecule is CCOCC(C)NC(=O)NCCC(=O)O. The van der Waals surface area contributed by atoms with E-state index in [0.717, 1.165) is 0 Å².